The largest absolute Gasteiger partial charge is 0.497 e. The molecule has 2 amide bonds. The summed E-state index contributed by atoms with van der Waals surface area (Å²) in [6.07, 6.45) is -5.04. The fraction of sp³-hybridized carbons (Fsp3) is 0.333. The molecule has 116 valence electrons. The number of rotatable bonds is 5. The fourth-order valence-corrected chi connectivity index (χ4v) is 1.40. The van der Waals surface area contributed by atoms with Gasteiger partial charge in [0.15, 0.2) is 0 Å². The minimum absolute atomic E-state index is 0.00889. The lowest BCUT2D eigenvalue weighted by Gasteiger charge is -2.14. The first-order chi connectivity index (χ1) is 9.77. The van der Waals surface area contributed by atoms with Crippen LogP contribution < -0.4 is 21.1 Å². The Kier molecular flexibility index (Phi) is 5.53. The monoisotopic (exact) mass is 305 g/mol. The minimum Gasteiger partial charge on any atom is -0.497 e. The van der Waals surface area contributed by atoms with Crippen molar-refractivity contribution >= 4 is 23.2 Å². The van der Waals surface area contributed by atoms with E-state index in [0.717, 1.165) is 0 Å². The fourth-order valence-electron chi connectivity index (χ4n) is 1.40. The number of alkyl halides is 3. The Bertz CT molecular complexity index is 532. The molecular formula is C12H14F3N3O3. The number of amides is 2. The van der Waals surface area contributed by atoms with E-state index in [1.165, 1.54) is 25.3 Å². The molecule has 0 heterocycles. The van der Waals surface area contributed by atoms with E-state index >= 15 is 0 Å². The van der Waals surface area contributed by atoms with Crippen molar-refractivity contribution in [2.45, 2.75) is 12.6 Å². The molecule has 0 spiro atoms. The highest BCUT2D eigenvalue weighted by Gasteiger charge is 2.39. The van der Waals surface area contributed by atoms with Gasteiger partial charge in [0.2, 0.25) is 5.91 Å². The molecule has 0 aromatic heterocycles. The lowest BCUT2D eigenvalue weighted by Crippen LogP contribution is -2.30. The van der Waals surface area contributed by atoms with Crippen molar-refractivity contribution in [2.75, 3.05) is 24.3 Å². The van der Waals surface area contributed by atoms with Crippen LogP contribution in [0.25, 0.3) is 0 Å². The summed E-state index contributed by atoms with van der Waals surface area (Å²) in [4.78, 5) is 22.4. The van der Waals surface area contributed by atoms with Gasteiger partial charge >= 0.3 is 12.1 Å². The maximum absolute atomic E-state index is 12.3. The van der Waals surface area contributed by atoms with Crippen LogP contribution in [0.3, 0.4) is 0 Å². The Balaban J connectivity index is 3.02. The van der Waals surface area contributed by atoms with Crippen molar-refractivity contribution in [1.82, 2.24) is 0 Å². The number of benzene rings is 1. The number of methoxy groups -OCH3 is 1. The quantitative estimate of drug-likeness (QED) is 0.768. The van der Waals surface area contributed by atoms with Crippen molar-refractivity contribution in [3.05, 3.63) is 18.2 Å². The van der Waals surface area contributed by atoms with Gasteiger partial charge in [0.05, 0.1) is 18.5 Å². The molecule has 0 saturated carbocycles. The smallest absolute Gasteiger partial charge is 0.471 e. The third kappa shape index (κ3) is 4.95. The summed E-state index contributed by atoms with van der Waals surface area (Å²) < 4.78 is 41.7. The normalized spacial score (nSPS) is 10.9. The van der Waals surface area contributed by atoms with Crippen LogP contribution in [0.15, 0.2) is 18.2 Å². The van der Waals surface area contributed by atoms with Crippen molar-refractivity contribution in [2.24, 2.45) is 5.73 Å². The van der Waals surface area contributed by atoms with Crippen molar-refractivity contribution < 1.29 is 27.5 Å². The van der Waals surface area contributed by atoms with Gasteiger partial charge < -0.3 is 21.1 Å². The molecule has 0 aliphatic heterocycles. The summed E-state index contributed by atoms with van der Waals surface area (Å²) in [6.45, 7) is 0.0834. The molecule has 4 N–H and O–H groups in total. The van der Waals surface area contributed by atoms with E-state index in [1.807, 2.05) is 0 Å². The van der Waals surface area contributed by atoms with Crippen molar-refractivity contribution in [1.29, 1.82) is 0 Å². The predicted octanol–water partition coefficient (Wildman–Crippen LogP) is 1.48. The molecule has 0 radical (unpaired) electrons. The second kappa shape index (κ2) is 6.93. The minimum atomic E-state index is -5.03. The van der Waals surface area contributed by atoms with Gasteiger partial charge in [-0.3, -0.25) is 9.59 Å². The van der Waals surface area contributed by atoms with E-state index in [0.29, 0.717) is 5.75 Å². The van der Waals surface area contributed by atoms with Crippen molar-refractivity contribution in [3.8, 4) is 5.75 Å². The van der Waals surface area contributed by atoms with E-state index in [2.05, 4.69) is 5.32 Å². The molecule has 0 aliphatic carbocycles. The molecule has 1 aromatic rings. The number of nitrogens with one attached hydrogen (secondary N) is 2. The van der Waals surface area contributed by atoms with Crippen LogP contribution in [0.1, 0.15) is 6.42 Å². The Hall–Kier alpha value is -2.29. The molecule has 6 nitrogen and oxygen atoms in total. The van der Waals surface area contributed by atoms with Crippen molar-refractivity contribution in [3.63, 3.8) is 0 Å². The molecular weight excluding hydrogens is 291 g/mol. The second-order valence-corrected chi connectivity index (χ2v) is 3.95. The van der Waals surface area contributed by atoms with Crippen LogP contribution in [-0.4, -0.2) is 31.6 Å². The van der Waals surface area contributed by atoms with E-state index in [4.69, 9.17) is 10.5 Å². The second-order valence-electron chi connectivity index (χ2n) is 3.95. The maximum atomic E-state index is 12.3. The number of nitrogens with two attached hydrogens (primary N) is 1. The number of anilines is 2. The molecule has 0 unspecified atom stereocenters. The highest BCUT2D eigenvalue weighted by atomic mass is 19.4. The molecule has 9 heteroatoms. The Morgan fingerprint density at radius 2 is 1.90 bits per heavy atom. The Morgan fingerprint density at radius 1 is 1.24 bits per heavy atom. The van der Waals surface area contributed by atoms with Crippen LogP contribution >= 0.6 is 0 Å². The summed E-state index contributed by atoms with van der Waals surface area (Å²) in [5.41, 5.74) is 5.01. The molecule has 0 bridgehead atoms. The molecule has 21 heavy (non-hydrogen) atoms. The number of hydrogen-bond donors (Lipinski definition) is 3. The van der Waals surface area contributed by atoms with Gasteiger partial charge in [-0.2, -0.15) is 13.2 Å². The molecule has 1 aromatic carbocycles. The predicted molar refractivity (Wildman–Crippen MR) is 70.0 cm³/mol. The summed E-state index contributed by atoms with van der Waals surface area (Å²) in [5.74, 6) is -2.32. The molecule has 0 atom stereocenters. The zero-order valence-corrected chi connectivity index (χ0v) is 11.1. The van der Waals surface area contributed by atoms with E-state index in [1.54, 1.807) is 5.32 Å². The van der Waals surface area contributed by atoms with Gasteiger partial charge in [-0.1, -0.05) is 0 Å². The highest BCUT2D eigenvalue weighted by Crippen LogP contribution is 2.29. The lowest BCUT2D eigenvalue weighted by molar-refractivity contribution is -0.167. The molecule has 1 rings (SSSR count). The Morgan fingerprint density at radius 3 is 2.43 bits per heavy atom. The van der Waals surface area contributed by atoms with Crippen LogP contribution in [0, 0.1) is 0 Å². The van der Waals surface area contributed by atoms with Gasteiger partial charge in [0.25, 0.3) is 0 Å². The van der Waals surface area contributed by atoms with Gasteiger partial charge in [-0.25, -0.2) is 0 Å². The number of carbonyl (C=O) groups is 2. The number of hydrogen-bond acceptors (Lipinski definition) is 4. The molecule has 0 aliphatic rings. The maximum Gasteiger partial charge on any atom is 0.471 e. The summed E-state index contributed by atoms with van der Waals surface area (Å²) in [7, 11) is 1.36. The third-order valence-electron chi connectivity index (χ3n) is 2.38. The lowest BCUT2D eigenvalue weighted by atomic mass is 10.2. The first-order valence-electron chi connectivity index (χ1n) is 5.84. The van der Waals surface area contributed by atoms with E-state index in [9.17, 15) is 22.8 Å². The van der Waals surface area contributed by atoms with Crippen LogP contribution in [-0.2, 0) is 9.59 Å². The topological polar surface area (TPSA) is 93.5 Å². The van der Waals surface area contributed by atoms with Gasteiger partial charge in [-0.15, -0.1) is 0 Å². The van der Waals surface area contributed by atoms with Gasteiger partial charge in [-0.05, 0) is 12.1 Å². The average molecular weight is 305 g/mol. The first-order valence-corrected chi connectivity index (χ1v) is 5.84. The van der Waals surface area contributed by atoms with Crippen LogP contribution in [0.4, 0.5) is 24.5 Å². The zero-order valence-electron chi connectivity index (χ0n) is 11.1. The standard InChI is InChI=1S/C12H14F3N3O3/c1-21-7-2-3-8(18-11(20)12(13,14)15)9(6-7)17-10(19)4-5-16/h2-3,6H,4-5,16H2,1H3,(H,17,19)(H,18,20). The summed E-state index contributed by atoms with van der Waals surface area (Å²) in [6, 6.07) is 3.84. The van der Waals surface area contributed by atoms with E-state index < -0.39 is 18.0 Å². The van der Waals surface area contributed by atoms with Crippen LogP contribution in [0.2, 0.25) is 0 Å². The third-order valence-corrected chi connectivity index (χ3v) is 2.38. The zero-order chi connectivity index (χ0) is 16.0. The molecule has 0 saturated heterocycles. The van der Waals surface area contributed by atoms with Gasteiger partial charge in [0, 0.05) is 19.0 Å². The average Bonchev–Trinajstić information content (AvgIpc) is 2.39. The SMILES string of the molecule is COc1ccc(NC(=O)C(F)(F)F)c(NC(=O)CCN)c1. The number of halogens is 3. The van der Waals surface area contributed by atoms with Crippen LogP contribution in [0.5, 0.6) is 5.75 Å². The highest BCUT2D eigenvalue weighted by molar-refractivity contribution is 6.01. The number of ether oxygens (including phenoxy) is 1. The summed E-state index contributed by atoms with van der Waals surface area (Å²) >= 11 is 0. The van der Waals surface area contributed by atoms with E-state index in [-0.39, 0.29) is 24.3 Å². The first kappa shape index (κ1) is 16.8. The Labute approximate surface area is 118 Å². The summed E-state index contributed by atoms with van der Waals surface area (Å²) in [5, 5.41) is 4.05. The number of carbonyl (C=O) groups excluding carboxylic acids is 2. The van der Waals surface area contributed by atoms with Gasteiger partial charge in [0.1, 0.15) is 5.75 Å². The molecule has 0 fully saturated rings.